The fourth-order valence-electron chi connectivity index (χ4n) is 1.61. The summed E-state index contributed by atoms with van der Waals surface area (Å²) in [5.74, 6) is 5.45. The third-order valence-electron chi connectivity index (χ3n) is 2.79. The number of nitrogens with two attached hydrogens (primary N) is 1. The van der Waals surface area contributed by atoms with Crippen molar-refractivity contribution in [1.82, 2.24) is 10.4 Å². The Morgan fingerprint density at radius 3 is 2.79 bits per heavy atom. The highest BCUT2D eigenvalue weighted by atomic mass is 32.2. The first-order valence-electron chi connectivity index (χ1n) is 5.82. The summed E-state index contributed by atoms with van der Waals surface area (Å²) in [6.45, 7) is 1.82. The van der Waals surface area contributed by atoms with Gasteiger partial charge < -0.3 is 4.42 Å². The summed E-state index contributed by atoms with van der Waals surface area (Å²) in [4.78, 5) is 15.5. The third kappa shape index (κ3) is 3.59. The smallest absolute Gasteiger partial charge is 0.255 e. The third-order valence-corrected chi connectivity index (χ3v) is 3.71. The molecule has 0 spiro atoms. The first-order chi connectivity index (χ1) is 9.20. The lowest BCUT2D eigenvalue weighted by Gasteiger charge is -2.10. The van der Waals surface area contributed by atoms with Crippen LogP contribution in [0.2, 0.25) is 0 Å². The summed E-state index contributed by atoms with van der Waals surface area (Å²) in [7, 11) is 0. The monoisotopic (exact) mass is 277 g/mol. The fraction of sp³-hybridized carbons (Fsp3) is 0.231. The summed E-state index contributed by atoms with van der Waals surface area (Å²) >= 11 is 1.53. The van der Waals surface area contributed by atoms with Crippen molar-refractivity contribution in [3.05, 3.63) is 47.9 Å². The van der Waals surface area contributed by atoms with Gasteiger partial charge in [0.05, 0.1) is 12.1 Å². The van der Waals surface area contributed by atoms with Crippen molar-refractivity contribution < 1.29 is 9.21 Å². The van der Waals surface area contributed by atoms with Gasteiger partial charge in [0.25, 0.3) is 5.22 Å². The van der Waals surface area contributed by atoms with Crippen molar-refractivity contribution >= 4 is 17.7 Å². The minimum atomic E-state index is -0.251. The van der Waals surface area contributed by atoms with Crippen molar-refractivity contribution in [2.24, 2.45) is 5.84 Å². The topological polar surface area (TPSA) is 81.2 Å². The Balaban J connectivity index is 1.96. The molecule has 0 radical (unpaired) electrons. The van der Waals surface area contributed by atoms with Crippen molar-refractivity contribution in [2.45, 2.75) is 23.8 Å². The van der Waals surface area contributed by atoms with Crippen LogP contribution in [0.15, 0.2) is 46.4 Å². The molecule has 2 rings (SSSR count). The molecule has 0 aliphatic carbocycles. The minimum Gasteiger partial charge on any atom is -0.440 e. The second-order valence-electron chi connectivity index (χ2n) is 4.06. The number of carbonyl (C=O) groups excluding carboxylic acids is 1. The van der Waals surface area contributed by atoms with E-state index in [1.165, 1.54) is 11.8 Å². The molecule has 0 saturated carbocycles. The first kappa shape index (κ1) is 13.6. The van der Waals surface area contributed by atoms with E-state index in [0.29, 0.717) is 5.22 Å². The van der Waals surface area contributed by atoms with Gasteiger partial charge in [-0.15, -0.1) is 0 Å². The van der Waals surface area contributed by atoms with E-state index in [1.54, 1.807) is 12.5 Å². The zero-order valence-electron chi connectivity index (χ0n) is 10.5. The molecule has 3 N–H and O–H groups in total. The molecule has 1 aromatic carbocycles. The predicted molar refractivity (Wildman–Crippen MR) is 73.3 cm³/mol. The molecule has 1 unspecified atom stereocenters. The SMILES string of the molecule is CC(C(=O)NN)c1ccc(CSc2ncco2)cc1. The molecular formula is C13H15N3O2S. The Hall–Kier alpha value is -1.79. The molecule has 0 fully saturated rings. The summed E-state index contributed by atoms with van der Waals surface area (Å²) in [5.41, 5.74) is 4.24. The van der Waals surface area contributed by atoms with Crippen molar-refractivity contribution in [3.8, 4) is 0 Å². The maximum absolute atomic E-state index is 11.4. The second-order valence-corrected chi connectivity index (χ2v) is 4.99. The van der Waals surface area contributed by atoms with E-state index < -0.39 is 0 Å². The Kier molecular flexibility index (Phi) is 4.59. The number of hydrazine groups is 1. The molecule has 5 nitrogen and oxygen atoms in total. The number of benzene rings is 1. The molecule has 19 heavy (non-hydrogen) atoms. The van der Waals surface area contributed by atoms with E-state index >= 15 is 0 Å². The zero-order chi connectivity index (χ0) is 13.7. The van der Waals surface area contributed by atoms with Gasteiger partial charge in [-0.3, -0.25) is 10.2 Å². The number of carbonyl (C=O) groups is 1. The Bertz CT molecular complexity index is 525. The highest BCUT2D eigenvalue weighted by molar-refractivity contribution is 7.98. The molecular weight excluding hydrogens is 262 g/mol. The van der Waals surface area contributed by atoms with E-state index in [0.717, 1.165) is 16.9 Å². The molecule has 1 aromatic heterocycles. The average molecular weight is 277 g/mol. The van der Waals surface area contributed by atoms with Gasteiger partial charge in [0.15, 0.2) is 0 Å². The van der Waals surface area contributed by atoms with Crippen LogP contribution in [0.5, 0.6) is 0 Å². The quantitative estimate of drug-likeness (QED) is 0.378. The molecule has 1 heterocycles. The van der Waals surface area contributed by atoms with E-state index in [4.69, 9.17) is 10.3 Å². The first-order valence-corrected chi connectivity index (χ1v) is 6.81. The highest BCUT2D eigenvalue weighted by Crippen LogP contribution is 2.22. The molecule has 1 atom stereocenters. The summed E-state index contributed by atoms with van der Waals surface area (Å²) in [5, 5.41) is 0.653. The van der Waals surface area contributed by atoms with Crippen LogP contribution in [0, 0.1) is 0 Å². The van der Waals surface area contributed by atoms with Crippen LogP contribution in [0.25, 0.3) is 0 Å². The van der Waals surface area contributed by atoms with Gasteiger partial charge in [-0.05, 0) is 18.1 Å². The summed E-state index contributed by atoms with van der Waals surface area (Å²) in [6, 6.07) is 7.86. The number of hydrogen-bond donors (Lipinski definition) is 2. The lowest BCUT2D eigenvalue weighted by molar-refractivity contribution is -0.122. The molecule has 2 aromatic rings. The molecule has 100 valence electrons. The van der Waals surface area contributed by atoms with Gasteiger partial charge in [0, 0.05) is 5.75 Å². The van der Waals surface area contributed by atoms with Crippen LogP contribution in [0.4, 0.5) is 0 Å². The van der Waals surface area contributed by atoms with E-state index in [1.807, 2.05) is 31.2 Å². The number of thioether (sulfide) groups is 1. The van der Waals surface area contributed by atoms with Crippen molar-refractivity contribution in [2.75, 3.05) is 0 Å². The number of nitrogens with zero attached hydrogens (tertiary/aromatic N) is 1. The predicted octanol–water partition coefficient (Wildman–Crippen LogP) is 2.06. The van der Waals surface area contributed by atoms with Gasteiger partial charge in [-0.25, -0.2) is 10.8 Å². The number of rotatable bonds is 5. The zero-order valence-corrected chi connectivity index (χ0v) is 11.3. The Labute approximate surface area is 115 Å². The Morgan fingerprint density at radius 1 is 1.47 bits per heavy atom. The van der Waals surface area contributed by atoms with E-state index in [-0.39, 0.29) is 11.8 Å². The van der Waals surface area contributed by atoms with Gasteiger partial charge in [0.2, 0.25) is 5.91 Å². The molecule has 0 aliphatic rings. The fourth-order valence-corrected chi connectivity index (χ4v) is 2.35. The number of aromatic nitrogens is 1. The lowest BCUT2D eigenvalue weighted by atomic mass is 10.00. The van der Waals surface area contributed by atoms with Crippen LogP contribution >= 0.6 is 11.8 Å². The van der Waals surface area contributed by atoms with Crippen molar-refractivity contribution in [3.63, 3.8) is 0 Å². The van der Waals surface area contributed by atoms with Crippen LogP contribution in [-0.4, -0.2) is 10.9 Å². The van der Waals surface area contributed by atoms with Crippen LogP contribution in [0.1, 0.15) is 24.0 Å². The van der Waals surface area contributed by atoms with Gasteiger partial charge in [0.1, 0.15) is 6.26 Å². The van der Waals surface area contributed by atoms with Crippen LogP contribution < -0.4 is 11.3 Å². The minimum absolute atomic E-state index is 0.193. The normalized spacial score (nSPS) is 12.1. The Morgan fingerprint density at radius 2 is 2.21 bits per heavy atom. The number of oxazole rings is 1. The number of amides is 1. The molecule has 6 heteroatoms. The molecule has 1 amide bonds. The average Bonchev–Trinajstić information content (AvgIpc) is 2.97. The maximum Gasteiger partial charge on any atom is 0.255 e. The van der Waals surface area contributed by atoms with Gasteiger partial charge in [-0.2, -0.15) is 0 Å². The van der Waals surface area contributed by atoms with Crippen LogP contribution in [-0.2, 0) is 10.5 Å². The molecule has 0 bridgehead atoms. The standard InChI is InChI=1S/C13H15N3O2S/c1-9(12(17)16-14)11-4-2-10(3-5-11)8-19-13-15-6-7-18-13/h2-7,9H,8,14H2,1H3,(H,16,17). The highest BCUT2D eigenvalue weighted by Gasteiger charge is 2.13. The summed E-state index contributed by atoms with van der Waals surface area (Å²) < 4.78 is 5.15. The van der Waals surface area contributed by atoms with Gasteiger partial charge >= 0.3 is 0 Å². The van der Waals surface area contributed by atoms with E-state index in [2.05, 4.69) is 10.4 Å². The lowest BCUT2D eigenvalue weighted by Crippen LogP contribution is -2.33. The summed E-state index contributed by atoms with van der Waals surface area (Å²) in [6.07, 6.45) is 3.18. The maximum atomic E-state index is 11.4. The molecule has 0 saturated heterocycles. The van der Waals surface area contributed by atoms with E-state index in [9.17, 15) is 4.79 Å². The number of nitrogens with one attached hydrogen (secondary N) is 1. The van der Waals surface area contributed by atoms with Gasteiger partial charge in [-0.1, -0.05) is 36.0 Å². The second kappa shape index (κ2) is 6.40. The molecule has 0 aliphatic heterocycles. The van der Waals surface area contributed by atoms with Crippen LogP contribution in [0.3, 0.4) is 0 Å². The number of hydrogen-bond acceptors (Lipinski definition) is 5. The van der Waals surface area contributed by atoms with Crippen molar-refractivity contribution in [1.29, 1.82) is 0 Å². The largest absolute Gasteiger partial charge is 0.440 e.